The van der Waals surface area contributed by atoms with E-state index < -0.39 is 42.1 Å². The summed E-state index contributed by atoms with van der Waals surface area (Å²) >= 11 is 0. The molecule has 0 radical (unpaired) electrons. The largest absolute Gasteiger partial charge is 0.513 e. The number of ether oxygens (including phenoxy) is 5. The molecule has 0 aliphatic heterocycles. The van der Waals surface area contributed by atoms with Crippen molar-refractivity contribution in [1.82, 2.24) is 0 Å². The minimum atomic E-state index is -1.38. The van der Waals surface area contributed by atoms with Crippen molar-refractivity contribution in [2.45, 2.75) is 85.6 Å². The molecule has 39 heavy (non-hydrogen) atoms. The van der Waals surface area contributed by atoms with Gasteiger partial charge < -0.3 is 34.5 Å². The van der Waals surface area contributed by atoms with Gasteiger partial charge in [0.1, 0.15) is 6.04 Å². The highest BCUT2D eigenvalue weighted by Gasteiger charge is 2.33. The fourth-order valence-corrected chi connectivity index (χ4v) is 3.59. The first-order chi connectivity index (χ1) is 18.3. The van der Waals surface area contributed by atoms with Crippen molar-refractivity contribution >= 4 is 24.2 Å². The Bertz CT molecular complexity index is 956. The second kappa shape index (κ2) is 16.6. The molecular weight excluding hydrogens is 510 g/mol. The molecule has 0 saturated heterocycles. The van der Waals surface area contributed by atoms with Gasteiger partial charge in [0, 0.05) is 5.92 Å². The number of nitrogens with two attached hydrogens (primary N) is 1. The summed E-state index contributed by atoms with van der Waals surface area (Å²) in [6.45, 7) is 11.5. The van der Waals surface area contributed by atoms with Crippen molar-refractivity contribution in [3.8, 4) is 11.5 Å². The van der Waals surface area contributed by atoms with Gasteiger partial charge in [0.25, 0.3) is 0 Å². The Kier molecular flexibility index (Phi) is 14.3. The van der Waals surface area contributed by atoms with Crippen molar-refractivity contribution in [3.05, 3.63) is 23.8 Å². The van der Waals surface area contributed by atoms with Crippen molar-refractivity contribution in [2.75, 3.05) is 19.8 Å². The summed E-state index contributed by atoms with van der Waals surface area (Å²) in [7, 11) is 0. The zero-order valence-corrected chi connectivity index (χ0v) is 23.8. The molecule has 0 aliphatic carbocycles. The molecule has 1 aromatic rings. The van der Waals surface area contributed by atoms with Crippen LogP contribution in [0.25, 0.3) is 0 Å². The van der Waals surface area contributed by atoms with E-state index in [0.717, 1.165) is 12.8 Å². The lowest BCUT2D eigenvalue weighted by Crippen LogP contribution is -2.40. The van der Waals surface area contributed by atoms with Crippen LogP contribution in [0.15, 0.2) is 18.2 Å². The Morgan fingerprint density at radius 3 is 1.92 bits per heavy atom. The quantitative estimate of drug-likeness (QED) is 0.123. The Morgan fingerprint density at radius 2 is 1.44 bits per heavy atom. The van der Waals surface area contributed by atoms with Gasteiger partial charge in [0.05, 0.1) is 26.2 Å². The van der Waals surface area contributed by atoms with Gasteiger partial charge >= 0.3 is 24.2 Å². The molecule has 0 saturated carbocycles. The second-order valence-corrected chi connectivity index (χ2v) is 10.6. The van der Waals surface area contributed by atoms with Crippen molar-refractivity contribution in [1.29, 1.82) is 0 Å². The van der Waals surface area contributed by atoms with Crippen LogP contribution in [0.1, 0.15) is 85.1 Å². The molecule has 0 heterocycles. The highest BCUT2D eigenvalue weighted by Crippen LogP contribution is 2.36. The van der Waals surface area contributed by atoms with Crippen LogP contribution >= 0.6 is 0 Å². The lowest BCUT2D eigenvalue weighted by atomic mass is 9.82. The number of benzene rings is 1. The zero-order valence-electron chi connectivity index (χ0n) is 23.8. The second-order valence-electron chi connectivity index (χ2n) is 10.6. The van der Waals surface area contributed by atoms with Gasteiger partial charge in [-0.25, -0.2) is 9.59 Å². The molecule has 220 valence electrons. The first-order valence-electron chi connectivity index (χ1n) is 13.3. The molecule has 11 nitrogen and oxygen atoms in total. The lowest BCUT2D eigenvalue weighted by Gasteiger charge is -2.28. The molecule has 0 aliphatic rings. The number of carboxylic acids is 1. The van der Waals surface area contributed by atoms with Crippen LogP contribution < -0.4 is 15.2 Å². The summed E-state index contributed by atoms with van der Waals surface area (Å²) in [4.78, 5) is 48.6. The summed E-state index contributed by atoms with van der Waals surface area (Å²) in [5.41, 5.74) is 6.14. The Hall–Kier alpha value is -3.34. The van der Waals surface area contributed by atoms with E-state index in [9.17, 15) is 24.3 Å². The summed E-state index contributed by atoms with van der Waals surface area (Å²) in [6.07, 6.45) is 1.07. The van der Waals surface area contributed by atoms with Crippen molar-refractivity contribution < 1.29 is 48.0 Å². The summed E-state index contributed by atoms with van der Waals surface area (Å²) in [5, 5.41) is 9.68. The van der Waals surface area contributed by atoms with E-state index in [4.69, 9.17) is 29.4 Å². The van der Waals surface area contributed by atoms with E-state index in [1.807, 2.05) is 34.6 Å². The Balaban J connectivity index is 3.28. The molecule has 0 aromatic heterocycles. The van der Waals surface area contributed by atoms with Gasteiger partial charge in [-0.15, -0.1) is 0 Å². The normalized spacial score (nSPS) is 13.5. The fraction of sp³-hybridized carbons (Fsp3) is 0.643. The maximum Gasteiger partial charge on any atom is 0.513 e. The van der Waals surface area contributed by atoms with Crippen LogP contribution in [0.2, 0.25) is 0 Å². The number of carbonyl (C=O) groups excluding carboxylic acids is 3. The molecule has 11 heteroatoms. The van der Waals surface area contributed by atoms with Crippen LogP contribution in [-0.2, 0) is 23.8 Å². The van der Waals surface area contributed by atoms with Crippen LogP contribution in [0.4, 0.5) is 9.59 Å². The smallest absolute Gasteiger partial charge is 0.480 e. The molecule has 0 fully saturated rings. The van der Waals surface area contributed by atoms with Gasteiger partial charge in [0.15, 0.2) is 11.5 Å². The first-order valence-corrected chi connectivity index (χ1v) is 13.3. The molecule has 1 aromatic carbocycles. The molecule has 1 rings (SSSR count). The maximum atomic E-state index is 12.3. The van der Waals surface area contributed by atoms with E-state index in [1.165, 1.54) is 18.2 Å². The van der Waals surface area contributed by atoms with E-state index >= 15 is 0 Å². The first kappa shape index (κ1) is 33.7. The fourth-order valence-electron chi connectivity index (χ4n) is 3.59. The minimum Gasteiger partial charge on any atom is -0.480 e. The third kappa shape index (κ3) is 12.8. The lowest BCUT2D eigenvalue weighted by molar-refractivity contribution is -0.147. The summed E-state index contributed by atoms with van der Waals surface area (Å²) in [5.74, 6) is -3.38. The highest BCUT2D eigenvalue weighted by atomic mass is 16.7. The number of carboxylic acid groups (broad SMARTS) is 1. The molecule has 0 bridgehead atoms. The number of aliphatic carboxylic acids is 1. The molecule has 3 atom stereocenters. The number of esters is 1. The average molecular weight is 554 g/mol. The minimum absolute atomic E-state index is 0.0855. The van der Waals surface area contributed by atoms with E-state index in [2.05, 4.69) is 0 Å². The monoisotopic (exact) mass is 553 g/mol. The zero-order chi connectivity index (χ0) is 29.6. The number of carbonyl (C=O) groups is 4. The van der Waals surface area contributed by atoms with Crippen LogP contribution in [-0.4, -0.2) is 55.2 Å². The average Bonchev–Trinajstić information content (AvgIpc) is 2.83. The highest BCUT2D eigenvalue weighted by molar-refractivity contribution is 5.75. The molecule has 3 N–H and O–H groups in total. The van der Waals surface area contributed by atoms with Crippen LogP contribution in [0, 0.1) is 11.3 Å². The SMILES string of the molecule is CCCCOC(=O)Oc1ccc(C(C(C)COC(=O)CC(C)(C)C)[C@H](N)C(=O)O)cc1OC(=O)OCCCC. The van der Waals surface area contributed by atoms with Gasteiger partial charge in [-0.3, -0.25) is 9.59 Å². The van der Waals surface area contributed by atoms with Gasteiger partial charge in [0.2, 0.25) is 0 Å². The van der Waals surface area contributed by atoms with Crippen molar-refractivity contribution in [3.63, 3.8) is 0 Å². The van der Waals surface area contributed by atoms with Crippen LogP contribution in [0.3, 0.4) is 0 Å². The van der Waals surface area contributed by atoms with Gasteiger partial charge in [-0.2, -0.15) is 0 Å². The summed E-state index contributed by atoms with van der Waals surface area (Å²) < 4.78 is 26.0. The third-order valence-electron chi connectivity index (χ3n) is 5.64. The Labute approximate surface area is 230 Å². The third-order valence-corrected chi connectivity index (χ3v) is 5.64. The molecule has 0 amide bonds. The predicted octanol–water partition coefficient (Wildman–Crippen LogP) is 5.43. The van der Waals surface area contributed by atoms with Gasteiger partial charge in [-0.05, 0) is 41.9 Å². The van der Waals surface area contributed by atoms with E-state index in [0.29, 0.717) is 18.4 Å². The molecule has 2 unspecified atom stereocenters. The van der Waals surface area contributed by atoms with Crippen molar-refractivity contribution in [2.24, 2.45) is 17.1 Å². The number of hydrogen-bond acceptors (Lipinski definition) is 10. The van der Waals surface area contributed by atoms with E-state index in [1.54, 1.807) is 6.92 Å². The van der Waals surface area contributed by atoms with Crippen LogP contribution in [0.5, 0.6) is 11.5 Å². The van der Waals surface area contributed by atoms with E-state index in [-0.39, 0.29) is 43.2 Å². The molecule has 0 spiro atoms. The predicted molar refractivity (Wildman–Crippen MR) is 143 cm³/mol. The maximum absolute atomic E-state index is 12.3. The standard InChI is InChI=1S/C28H43NO10/c1-7-9-13-35-26(33)38-20-12-11-19(15-21(20)39-27(34)36-14-10-8-2)23(24(29)25(31)32)18(3)17-37-22(30)16-28(4,5)6/h11-12,15,18,23-24H,7-10,13-14,16-17,29H2,1-6H3,(H,31,32)/t18?,23?,24-/m0/s1. The number of unbranched alkanes of at least 4 members (excludes halogenated alkanes) is 2. The Morgan fingerprint density at radius 1 is 0.897 bits per heavy atom. The molecular formula is C28H43NO10. The van der Waals surface area contributed by atoms with Gasteiger partial charge in [-0.1, -0.05) is 60.5 Å². The number of rotatable bonds is 15. The summed E-state index contributed by atoms with van der Waals surface area (Å²) in [6, 6.07) is 2.84. The topological polar surface area (TPSA) is 161 Å². The number of hydrogen-bond donors (Lipinski definition) is 2.